The fourth-order valence-corrected chi connectivity index (χ4v) is 3.57. The van der Waals surface area contributed by atoms with E-state index >= 15 is 0 Å². The van der Waals surface area contributed by atoms with Gasteiger partial charge in [0.1, 0.15) is 0 Å². The van der Waals surface area contributed by atoms with Crippen molar-refractivity contribution >= 4 is 0 Å². The fraction of sp³-hybridized carbons (Fsp3) is 0.737. The Bertz CT molecular complexity index is 407. The van der Waals surface area contributed by atoms with Gasteiger partial charge < -0.3 is 5.32 Å². The quantitative estimate of drug-likeness (QED) is 0.865. The molecule has 3 unspecified atom stereocenters. The molecule has 118 valence electrons. The molecule has 0 bridgehead atoms. The van der Waals surface area contributed by atoms with Gasteiger partial charge in [-0.1, -0.05) is 19.8 Å². The Morgan fingerprint density at radius 3 is 2.48 bits per heavy atom. The molecular formula is C19H32N2. The van der Waals surface area contributed by atoms with Crippen molar-refractivity contribution in [3.63, 3.8) is 0 Å². The van der Waals surface area contributed by atoms with Crippen molar-refractivity contribution in [1.29, 1.82) is 0 Å². The third-order valence-corrected chi connectivity index (χ3v) is 4.97. The summed E-state index contributed by atoms with van der Waals surface area (Å²) >= 11 is 0. The van der Waals surface area contributed by atoms with Crippen molar-refractivity contribution < 1.29 is 0 Å². The predicted molar refractivity (Wildman–Crippen MR) is 90.3 cm³/mol. The molecule has 3 atom stereocenters. The summed E-state index contributed by atoms with van der Waals surface area (Å²) in [5, 5.41) is 3.73. The van der Waals surface area contributed by atoms with Crippen LogP contribution in [0.2, 0.25) is 0 Å². The lowest BCUT2D eigenvalue weighted by molar-refractivity contribution is 0.163. The molecule has 1 aliphatic carbocycles. The minimum Gasteiger partial charge on any atom is -0.312 e. The molecule has 0 aromatic carbocycles. The largest absolute Gasteiger partial charge is 0.312 e. The maximum absolute atomic E-state index is 4.14. The van der Waals surface area contributed by atoms with Crippen LogP contribution in [0.15, 0.2) is 24.5 Å². The van der Waals surface area contributed by atoms with E-state index in [-0.39, 0.29) is 5.54 Å². The topological polar surface area (TPSA) is 24.9 Å². The Balaban J connectivity index is 1.99. The van der Waals surface area contributed by atoms with Crippen molar-refractivity contribution in [2.75, 3.05) is 6.54 Å². The second-order valence-corrected chi connectivity index (χ2v) is 7.80. The van der Waals surface area contributed by atoms with Gasteiger partial charge in [-0.25, -0.2) is 0 Å². The summed E-state index contributed by atoms with van der Waals surface area (Å²) in [7, 11) is 0. The van der Waals surface area contributed by atoms with E-state index in [9.17, 15) is 0 Å². The van der Waals surface area contributed by atoms with Crippen LogP contribution in [0.1, 0.15) is 58.9 Å². The molecule has 1 saturated carbocycles. The minimum atomic E-state index is 0.225. The van der Waals surface area contributed by atoms with Gasteiger partial charge in [-0.05, 0) is 82.0 Å². The van der Waals surface area contributed by atoms with Crippen LogP contribution in [0, 0.1) is 17.8 Å². The van der Waals surface area contributed by atoms with Crippen LogP contribution in [0.25, 0.3) is 0 Å². The summed E-state index contributed by atoms with van der Waals surface area (Å²) in [6, 6.07) is 4.37. The summed E-state index contributed by atoms with van der Waals surface area (Å²) in [6.07, 6.45) is 10.6. The van der Waals surface area contributed by atoms with Crippen molar-refractivity contribution in [3.8, 4) is 0 Å². The standard InChI is InChI=1S/C19H32N2/c1-5-15-6-7-17(14-21-19(2,3)4)18(12-15)13-16-8-10-20-11-9-16/h8-11,15,17-18,21H,5-7,12-14H2,1-4H3. The second kappa shape index (κ2) is 7.40. The highest BCUT2D eigenvalue weighted by Crippen LogP contribution is 2.37. The number of hydrogen-bond donors (Lipinski definition) is 1. The van der Waals surface area contributed by atoms with Gasteiger partial charge in [-0.2, -0.15) is 0 Å². The van der Waals surface area contributed by atoms with Gasteiger partial charge in [0.15, 0.2) is 0 Å². The molecule has 1 aromatic rings. The number of nitrogens with one attached hydrogen (secondary N) is 1. The van der Waals surface area contributed by atoms with Crippen LogP contribution in [-0.4, -0.2) is 17.1 Å². The van der Waals surface area contributed by atoms with E-state index in [1.807, 2.05) is 12.4 Å². The zero-order chi connectivity index (χ0) is 15.3. The maximum Gasteiger partial charge on any atom is 0.0270 e. The lowest BCUT2D eigenvalue weighted by atomic mass is 9.71. The summed E-state index contributed by atoms with van der Waals surface area (Å²) < 4.78 is 0. The van der Waals surface area contributed by atoms with Gasteiger partial charge in [-0.15, -0.1) is 0 Å². The number of pyridine rings is 1. The van der Waals surface area contributed by atoms with Crippen molar-refractivity contribution in [2.45, 2.75) is 65.3 Å². The lowest BCUT2D eigenvalue weighted by Crippen LogP contribution is -2.42. The molecule has 0 amide bonds. The summed E-state index contributed by atoms with van der Waals surface area (Å²) in [6.45, 7) is 10.3. The minimum absolute atomic E-state index is 0.225. The van der Waals surface area contributed by atoms with E-state index in [0.717, 1.165) is 24.3 Å². The molecule has 1 heterocycles. The van der Waals surface area contributed by atoms with Crippen LogP contribution in [0.3, 0.4) is 0 Å². The average molecular weight is 288 g/mol. The Kier molecular flexibility index (Phi) is 5.80. The number of aromatic nitrogens is 1. The molecular weight excluding hydrogens is 256 g/mol. The van der Waals surface area contributed by atoms with Gasteiger partial charge in [-0.3, -0.25) is 4.98 Å². The van der Waals surface area contributed by atoms with Gasteiger partial charge in [0.2, 0.25) is 0 Å². The normalized spacial score (nSPS) is 26.8. The third-order valence-electron chi connectivity index (χ3n) is 4.97. The van der Waals surface area contributed by atoms with Crippen LogP contribution < -0.4 is 5.32 Å². The molecule has 1 N–H and O–H groups in total. The van der Waals surface area contributed by atoms with E-state index in [1.165, 1.54) is 37.7 Å². The first-order valence-corrected chi connectivity index (χ1v) is 8.62. The van der Waals surface area contributed by atoms with Gasteiger partial charge in [0.25, 0.3) is 0 Å². The number of hydrogen-bond acceptors (Lipinski definition) is 2. The number of rotatable bonds is 5. The van der Waals surface area contributed by atoms with E-state index < -0.39 is 0 Å². The molecule has 1 aliphatic rings. The molecule has 0 spiro atoms. The first-order chi connectivity index (χ1) is 9.98. The fourth-order valence-electron chi connectivity index (χ4n) is 3.57. The van der Waals surface area contributed by atoms with Crippen LogP contribution >= 0.6 is 0 Å². The monoisotopic (exact) mass is 288 g/mol. The molecule has 2 nitrogen and oxygen atoms in total. The van der Waals surface area contributed by atoms with E-state index in [4.69, 9.17) is 0 Å². The van der Waals surface area contributed by atoms with Crippen LogP contribution in [0.5, 0.6) is 0 Å². The van der Waals surface area contributed by atoms with Crippen molar-refractivity contribution in [2.24, 2.45) is 17.8 Å². The third kappa shape index (κ3) is 5.43. The highest BCUT2D eigenvalue weighted by atomic mass is 14.9. The Labute approximate surface area is 130 Å². The second-order valence-electron chi connectivity index (χ2n) is 7.80. The van der Waals surface area contributed by atoms with Crippen LogP contribution in [-0.2, 0) is 6.42 Å². The Morgan fingerprint density at radius 2 is 1.86 bits per heavy atom. The molecule has 0 radical (unpaired) electrons. The summed E-state index contributed by atoms with van der Waals surface area (Å²) in [4.78, 5) is 4.14. The maximum atomic E-state index is 4.14. The zero-order valence-electron chi connectivity index (χ0n) is 14.2. The average Bonchev–Trinajstić information content (AvgIpc) is 2.46. The summed E-state index contributed by atoms with van der Waals surface area (Å²) in [5.74, 6) is 2.57. The molecule has 0 aliphatic heterocycles. The van der Waals surface area contributed by atoms with Gasteiger partial charge >= 0.3 is 0 Å². The SMILES string of the molecule is CCC1CCC(CNC(C)(C)C)C(Cc2ccncc2)C1. The van der Waals surface area contributed by atoms with Gasteiger partial charge in [0.05, 0.1) is 0 Å². The lowest BCUT2D eigenvalue weighted by Gasteiger charge is -2.38. The summed E-state index contributed by atoms with van der Waals surface area (Å²) in [5.41, 5.74) is 1.68. The van der Waals surface area contributed by atoms with E-state index in [1.54, 1.807) is 0 Å². The van der Waals surface area contributed by atoms with Crippen LogP contribution in [0.4, 0.5) is 0 Å². The molecule has 1 aromatic heterocycles. The molecule has 0 saturated heterocycles. The van der Waals surface area contributed by atoms with Crippen molar-refractivity contribution in [1.82, 2.24) is 10.3 Å². The smallest absolute Gasteiger partial charge is 0.0270 e. The Morgan fingerprint density at radius 1 is 1.14 bits per heavy atom. The number of nitrogens with zero attached hydrogens (tertiary/aromatic N) is 1. The molecule has 21 heavy (non-hydrogen) atoms. The molecule has 2 heteroatoms. The Hall–Kier alpha value is -0.890. The van der Waals surface area contributed by atoms with Crippen molar-refractivity contribution in [3.05, 3.63) is 30.1 Å². The highest BCUT2D eigenvalue weighted by molar-refractivity contribution is 5.11. The predicted octanol–water partition coefficient (Wildman–Crippen LogP) is 4.45. The first-order valence-electron chi connectivity index (χ1n) is 8.62. The molecule has 1 fully saturated rings. The first kappa shape index (κ1) is 16.5. The van der Waals surface area contributed by atoms with E-state index in [2.05, 4.69) is 50.1 Å². The van der Waals surface area contributed by atoms with E-state index in [0.29, 0.717) is 0 Å². The van der Waals surface area contributed by atoms with Gasteiger partial charge in [0, 0.05) is 17.9 Å². The highest BCUT2D eigenvalue weighted by Gasteiger charge is 2.30. The zero-order valence-corrected chi connectivity index (χ0v) is 14.2. The molecule has 2 rings (SSSR count).